The lowest BCUT2D eigenvalue weighted by molar-refractivity contribution is -0.386. The smallest absolute Gasteiger partial charge is 0.315 e. The summed E-state index contributed by atoms with van der Waals surface area (Å²) < 4.78 is 4.92. The van der Waals surface area contributed by atoms with Crippen molar-refractivity contribution >= 4 is 17.6 Å². The van der Waals surface area contributed by atoms with Gasteiger partial charge in [-0.1, -0.05) is 18.2 Å². The summed E-state index contributed by atoms with van der Waals surface area (Å²) in [4.78, 5) is 10.2. The van der Waals surface area contributed by atoms with Crippen molar-refractivity contribution in [3.8, 4) is 11.5 Å². The number of aromatic hydroxyl groups is 1. The fourth-order valence-corrected chi connectivity index (χ4v) is 1.86. The molecule has 2 aromatic carbocycles. The van der Waals surface area contributed by atoms with Crippen molar-refractivity contribution in [3.05, 3.63) is 57.6 Å². The Kier molecular flexibility index (Phi) is 4.57. The molecule has 0 fully saturated rings. The third-order valence-electron chi connectivity index (χ3n) is 3.04. The van der Waals surface area contributed by atoms with Crippen LogP contribution in [-0.2, 0) is 0 Å². The monoisotopic (exact) mass is 301 g/mol. The molecule has 0 aliphatic rings. The number of aryl methyl sites for hydroxylation is 1. The number of para-hydroxylation sites is 1. The predicted octanol–water partition coefficient (Wildman–Crippen LogP) is 3.06. The minimum Gasteiger partial charge on any atom is -0.500 e. The number of rotatable bonds is 5. The molecule has 7 heteroatoms. The summed E-state index contributed by atoms with van der Waals surface area (Å²) in [5.41, 5.74) is 4.71. The van der Waals surface area contributed by atoms with Crippen LogP contribution in [0.15, 0.2) is 41.5 Å². The lowest BCUT2D eigenvalue weighted by Gasteiger charge is -2.06. The Morgan fingerprint density at radius 3 is 2.73 bits per heavy atom. The second-order valence-corrected chi connectivity index (χ2v) is 4.53. The Hall–Kier alpha value is -3.09. The van der Waals surface area contributed by atoms with Gasteiger partial charge in [0, 0.05) is 11.6 Å². The molecule has 0 heterocycles. The van der Waals surface area contributed by atoms with E-state index in [1.165, 1.54) is 25.5 Å². The van der Waals surface area contributed by atoms with Gasteiger partial charge >= 0.3 is 5.69 Å². The van der Waals surface area contributed by atoms with E-state index in [9.17, 15) is 15.2 Å². The Labute approximate surface area is 127 Å². The van der Waals surface area contributed by atoms with Gasteiger partial charge in [0.15, 0.2) is 5.75 Å². The summed E-state index contributed by atoms with van der Waals surface area (Å²) in [6.07, 6.45) is 1.42. The van der Waals surface area contributed by atoms with Crippen LogP contribution in [0.3, 0.4) is 0 Å². The van der Waals surface area contributed by atoms with Crippen LogP contribution in [-0.4, -0.2) is 23.4 Å². The molecule has 0 spiro atoms. The number of nitrogens with zero attached hydrogens (tertiary/aromatic N) is 2. The first-order valence-corrected chi connectivity index (χ1v) is 6.43. The van der Waals surface area contributed by atoms with Gasteiger partial charge < -0.3 is 9.84 Å². The Morgan fingerprint density at radius 2 is 2.09 bits per heavy atom. The first-order valence-electron chi connectivity index (χ1n) is 6.43. The standard InChI is InChI=1S/C15H15N3O4/c1-10-5-3-4-6-12(10)17-16-9-11-7-13(18(20)21)15(19)14(8-11)22-2/h3-9,17,19H,1-2H3/b16-9-. The van der Waals surface area contributed by atoms with Gasteiger partial charge in [0.1, 0.15) is 0 Å². The molecule has 0 saturated carbocycles. The number of nitro benzene ring substituents is 1. The highest BCUT2D eigenvalue weighted by Gasteiger charge is 2.19. The van der Waals surface area contributed by atoms with Crippen LogP contribution >= 0.6 is 0 Å². The van der Waals surface area contributed by atoms with E-state index in [0.29, 0.717) is 5.56 Å². The number of methoxy groups -OCH3 is 1. The first kappa shape index (κ1) is 15.3. The van der Waals surface area contributed by atoms with Crippen LogP contribution in [0, 0.1) is 17.0 Å². The molecule has 0 aliphatic carbocycles. The van der Waals surface area contributed by atoms with E-state index in [-0.39, 0.29) is 5.75 Å². The summed E-state index contributed by atoms with van der Waals surface area (Å²) in [7, 11) is 1.32. The number of nitro groups is 1. The summed E-state index contributed by atoms with van der Waals surface area (Å²) >= 11 is 0. The molecule has 7 nitrogen and oxygen atoms in total. The molecular formula is C15H15N3O4. The molecule has 2 aromatic rings. The van der Waals surface area contributed by atoms with E-state index < -0.39 is 16.4 Å². The molecule has 2 rings (SSSR count). The number of hydrogen-bond donors (Lipinski definition) is 2. The molecular weight excluding hydrogens is 286 g/mol. The third kappa shape index (κ3) is 3.32. The molecule has 114 valence electrons. The molecule has 0 saturated heterocycles. The number of benzene rings is 2. The number of nitrogens with one attached hydrogen (secondary N) is 1. The maximum atomic E-state index is 10.9. The SMILES string of the molecule is COc1cc(/C=N\Nc2ccccc2C)cc([N+](=O)[O-])c1O. The van der Waals surface area contributed by atoms with Crippen LogP contribution in [0.5, 0.6) is 11.5 Å². The largest absolute Gasteiger partial charge is 0.500 e. The van der Waals surface area contributed by atoms with Gasteiger partial charge in [0.2, 0.25) is 5.75 Å². The average molecular weight is 301 g/mol. The average Bonchev–Trinajstić information content (AvgIpc) is 2.50. The van der Waals surface area contributed by atoms with Crippen molar-refractivity contribution in [3.63, 3.8) is 0 Å². The highest BCUT2D eigenvalue weighted by atomic mass is 16.6. The first-order chi connectivity index (χ1) is 10.5. The van der Waals surface area contributed by atoms with Gasteiger partial charge in [-0.3, -0.25) is 15.5 Å². The number of hydrogen-bond acceptors (Lipinski definition) is 6. The molecule has 2 N–H and O–H groups in total. The van der Waals surface area contributed by atoms with E-state index >= 15 is 0 Å². The Balaban J connectivity index is 2.26. The van der Waals surface area contributed by atoms with Gasteiger partial charge in [-0.2, -0.15) is 5.10 Å². The van der Waals surface area contributed by atoms with Gasteiger partial charge in [-0.15, -0.1) is 0 Å². The van der Waals surface area contributed by atoms with E-state index in [0.717, 1.165) is 11.3 Å². The summed E-state index contributed by atoms with van der Waals surface area (Å²) in [5, 5.41) is 24.7. The number of hydrazone groups is 1. The third-order valence-corrected chi connectivity index (χ3v) is 3.04. The van der Waals surface area contributed by atoms with Gasteiger partial charge in [-0.05, 0) is 24.6 Å². The molecule has 0 unspecified atom stereocenters. The van der Waals surface area contributed by atoms with E-state index in [1.807, 2.05) is 31.2 Å². The summed E-state index contributed by atoms with van der Waals surface area (Å²) in [5.74, 6) is -0.483. The molecule has 0 amide bonds. The minimum atomic E-state index is -0.677. The molecule has 0 atom stereocenters. The second-order valence-electron chi connectivity index (χ2n) is 4.53. The molecule has 0 aliphatic heterocycles. The maximum absolute atomic E-state index is 10.9. The summed E-state index contributed by atoms with van der Waals surface area (Å²) in [6.45, 7) is 1.94. The highest BCUT2D eigenvalue weighted by molar-refractivity contribution is 5.83. The number of phenolic OH excluding ortho intramolecular Hbond substituents is 1. The van der Waals surface area contributed by atoms with Gasteiger partial charge in [0.05, 0.1) is 23.9 Å². The fraction of sp³-hybridized carbons (Fsp3) is 0.133. The van der Waals surface area contributed by atoms with E-state index in [2.05, 4.69) is 10.5 Å². The van der Waals surface area contributed by atoms with Crippen molar-refractivity contribution in [2.45, 2.75) is 6.92 Å². The van der Waals surface area contributed by atoms with Crippen molar-refractivity contribution < 1.29 is 14.8 Å². The topological polar surface area (TPSA) is 97.0 Å². The van der Waals surface area contributed by atoms with Crippen LogP contribution < -0.4 is 10.2 Å². The minimum absolute atomic E-state index is 0.0199. The zero-order valence-corrected chi connectivity index (χ0v) is 12.1. The van der Waals surface area contributed by atoms with Crippen LogP contribution in [0.2, 0.25) is 0 Å². The Bertz CT molecular complexity index is 729. The zero-order chi connectivity index (χ0) is 16.1. The van der Waals surface area contributed by atoms with Crippen molar-refractivity contribution in [2.24, 2.45) is 5.10 Å². The van der Waals surface area contributed by atoms with Crippen LogP contribution in [0.25, 0.3) is 0 Å². The van der Waals surface area contributed by atoms with Gasteiger partial charge in [0.25, 0.3) is 0 Å². The maximum Gasteiger partial charge on any atom is 0.315 e. The van der Waals surface area contributed by atoms with Gasteiger partial charge in [-0.25, -0.2) is 0 Å². The lowest BCUT2D eigenvalue weighted by Crippen LogP contribution is -1.96. The number of phenols is 1. The van der Waals surface area contributed by atoms with Crippen molar-refractivity contribution in [1.82, 2.24) is 0 Å². The van der Waals surface area contributed by atoms with E-state index in [4.69, 9.17) is 4.74 Å². The zero-order valence-electron chi connectivity index (χ0n) is 12.1. The lowest BCUT2D eigenvalue weighted by atomic mass is 10.2. The summed E-state index contributed by atoms with van der Waals surface area (Å²) in [6, 6.07) is 10.3. The Morgan fingerprint density at radius 1 is 1.36 bits per heavy atom. The van der Waals surface area contributed by atoms with Crippen molar-refractivity contribution in [1.29, 1.82) is 0 Å². The quantitative estimate of drug-likeness (QED) is 0.502. The van der Waals surface area contributed by atoms with Crippen LogP contribution in [0.1, 0.15) is 11.1 Å². The predicted molar refractivity (Wildman–Crippen MR) is 83.7 cm³/mol. The molecule has 0 bridgehead atoms. The molecule has 22 heavy (non-hydrogen) atoms. The van der Waals surface area contributed by atoms with Crippen molar-refractivity contribution in [2.75, 3.05) is 12.5 Å². The van der Waals surface area contributed by atoms with Crippen LogP contribution in [0.4, 0.5) is 11.4 Å². The molecule has 0 radical (unpaired) electrons. The molecule has 0 aromatic heterocycles. The number of ether oxygens (including phenoxy) is 1. The second kappa shape index (κ2) is 6.57. The number of anilines is 1. The fourth-order valence-electron chi connectivity index (χ4n) is 1.86. The normalized spacial score (nSPS) is 10.6. The van der Waals surface area contributed by atoms with E-state index in [1.54, 1.807) is 0 Å². The highest BCUT2D eigenvalue weighted by Crippen LogP contribution is 2.36.